The normalized spacial score (nSPS) is 16.6. The van der Waals surface area contributed by atoms with Gasteiger partial charge in [-0.05, 0) is 61.3 Å². The number of nitrogens with one attached hydrogen (secondary N) is 2. The fourth-order valence-corrected chi connectivity index (χ4v) is 4.03. The van der Waals surface area contributed by atoms with E-state index < -0.39 is 0 Å². The lowest BCUT2D eigenvalue weighted by atomic mass is 10.1. The molecule has 1 aromatic carbocycles. The number of carbonyl (C=O) groups excluding carboxylic acids is 1. The molecule has 1 aliphatic rings. The molecule has 1 unspecified atom stereocenters. The summed E-state index contributed by atoms with van der Waals surface area (Å²) < 4.78 is 1.90. The van der Waals surface area contributed by atoms with Crippen LogP contribution < -0.4 is 10.6 Å². The summed E-state index contributed by atoms with van der Waals surface area (Å²) >= 11 is 1.74. The van der Waals surface area contributed by atoms with Crippen molar-refractivity contribution in [3.8, 4) is 0 Å². The number of hydrogen-bond acceptors (Lipinski definition) is 5. The Morgan fingerprint density at radius 1 is 1.25 bits per heavy atom. The highest BCUT2D eigenvalue weighted by Gasteiger charge is 2.17. The van der Waals surface area contributed by atoms with Crippen molar-refractivity contribution in [2.24, 2.45) is 0 Å². The first-order valence-corrected chi connectivity index (χ1v) is 10.5. The van der Waals surface area contributed by atoms with E-state index in [1.807, 2.05) is 47.4 Å². The molecule has 0 aliphatic carbocycles. The molecule has 3 heterocycles. The van der Waals surface area contributed by atoms with E-state index >= 15 is 0 Å². The van der Waals surface area contributed by atoms with Gasteiger partial charge in [0, 0.05) is 41.5 Å². The number of piperidine rings is 1. The Kier molecular flexibility index (Phi) is 6.04. The smallest absolute Gasteiger partial charge is 0.276 e. The number of amides is 1. The molecule has 28 heavy (non-hydrogen) atoms. The highest BCUT2D eigenvalue weighted by Crippen LogP contribution is 2.24. The van der Waals surface area contributed by atoms with Gasteiger partial charge in [-0.3, -0.25) is 14.5 Å². The second-order valence-electron chi connectivity index (χ2n) is 6.81. The molecule has 1 saturated heterocycles. The third-order valence-corrected chi connectivity index (χ3v) is 5.81. The molecule has 1 atom stereocenters. The van der Waals surface area contributed by atoms with Crippen molar-refractivity contribution < 1.29 is 4.79 Å². The molecule has 0 spiro atoms. The average Bonchev–Trinajstić information content (AvgIpc) is 3.25. The number of thioether (sulfide) groups is 1. The zero-order chi connectivity index (χ0) is 19.2. The van der Waals surface area contributed by atoms with Gasteiger partial charge in [0.2, 0.25) is 0 Å². The number of benzene rings is 1. The zero-order valence-electron chi connectivity index (χ0n) is 15.5. The largest absolute Gasteiger partial charge is 0.321 e. The second kappa shape index (κ2) is 9.03. The molecule has 1 fully saturated rings. The first-order chi connectivity index (χ1) is 13.8. The highest BCUT2D eigenvalue weighted by molar-refractivity contribution is 7.98. The van der Waals surface area contributed by atoms with Crippen LogP contribution in [0.1, 0.15) is 34.9 Å². The van der Waals surface area contributed by atoms with E-state index in [2.05, 4.69) is 26.8 Å². The molecule has 1 aliphatic heterocycles. The van der Waals surface area contributed by atoms with E-state index in [1.54, 1.807) is 24.0 Å². The summed E-state index contributed by atoms with van der Waals surface area (Å²) in [5.41, 5.74) is 2.40. The summed E-state index contributed by atoms with van der Waals surface area (Å²) in [5, 5.41) is 10.8. The Morgan fingerprint density at radius 2 is 2.14 bits per heavy atom. The Balaban J connectivity index is 1.32. The molecule has 3 aromatic rings. The number of rotatable bonds is 6. The van der Waals surface area contributed by atoms with Crippen LogP contribution in [0.3, 0.4) is 0 Å². The van der Waals surface area contributed by atoms with E-state index in [1.165, 1.54) is 5.56 Å². The topological polar surface area (TPSA) is 71.8 Å². The predicted octanol–water partition coefficient (Wildman–Crippen LogP) is 3.75. The molecule has 1 amide bonds. The van der Waals surface area contributed by atoms with Gasteiger partial charge in [-0.25, -0.2) is 0 Å². The quantitative estimate of drug-likeness (QED) is 0.624. The van der Waals surface area contributed by atoms with Gasteiger partial charge in [-0.1, -0.05) is 6.07 Å². The minimum absolute atomic E-state index is 0.182. The number of anilines is 1. The van der Waals surface area contributed by atoms with E-state index in [-0.39, 0.29) is 5.91 Å². The molecule has 0 saturated carbocycles. The summed E-state index contributed by atoms with van der Waals surface area (Å²) in [5.74, 6) is 0.686. The van der Waals surface area contributed by atoms with Crippen LogP contribution in [0.15, 0.2) is 66.0 Å². The number of hydrogen-bond donors (Lipinski definition) is 2. The van der Waals surface area contributed by atoms with Crippen LogP contribution in [-0.2, 0) is 5.75 Å². The SMILES string of the molecule is O=C(Nc1ccc(SCc2cccnc2)cc1)c1ccn(C2CCCNC2)n1. The standard InChI is InChI=1S/C21H23N5OS/c27-21(20-9-12-26(25-20)18-4-2-11-23-14-18)24-17-5-7-19(8-6-17)28-15-16-3-1-10-22-13-16/h1,3,5-10,12-13,18,23H,2,4,11,14-15H2,(H,24,27). The third kappa shape index (κ3) is 4.79. The summed E-state index contributed by atoms with van der Waals surface area (Å²) in [4.78, 5) is 17.8. The molecular formula is C21H23N5OS. The fourth-order valence-electron chi connectivity index (χ4n) is 3.20. The Bertz CT molecular complexity index is 904. The van der Waals surface area contributed by atoms with Crippen LogP contribution in [0.5, 0.6) is 0 Å². The maximum Gasteiger partial charge on any atom is 0.276 e. The number of aromatic nitrogens is 3. The molecule has 2 N–H and O–H groups in total. The van der Waals surface area contributed by atoms with Gasteiger partial charge in [-0.2, -0.15) is 5.10 Å². The summed E-state index contributed by atoms with van der Waals surface area (Å²) in [7, 11) is 0. The van der Waals surface area contributed by atoms with E-state index in [4.69, 9.17) is 0 Å². The monoisotopic (exact) mass is 393 g/mol. The Morgan fingerprint density at radius 3 is 2.89 bits per heavy atom. The average molecular weight is 394 g/mol. The fraction of sp³-hybridized carbons (Fsp3) is 0.286. The van der Waals surface area contributed by atoms with Crippen LogP contribution >= 0.6 is 11.8 Å². The molecule has 6 nitrogen and oxygen atoms in total. The van der Waals surface area contributed by atoms with Crippen molar-refractivity contribution in [3.63, 3.8) is 0 Å². The molecular weight excluding hydrogens is 370 g/mol. The first kappa shape index (κ1) is 18.7. The van der Waals surface area contributed by atoms with Gasteiger partial charge in [0.1, 0.15) is 0 Å². The van der Waals surface area contributed by atoms with Gasteiger partial charge in [0.25, 0.3) is 5.91 Å². The molecule has 144 valence electrons. The van der Waals surface area contributed by atoms with Crippen molar-refractivity contribution in [1.29, 1.82) is 0 Å². The highest BCUT2D eigenvalue weighted by atomic mass is 32.2. The summed E-state index contributed by atoms with van der Waals surface area (Å²) in [6.07, 6.45) is 7.78. The van der Waals surface area contributed by atoms with Gasteiger partial charge < -0.3 is 10.6 Å². The third-order valence-electron chi connectivity index (χ3n) is 4.73. The lowest BCUT2D eigenvalue weighted by molar-refractivity contribution is 0.102. The predicted molar refractivity (Wildman–Crippen MR) is 112 cm³/mol. The van der Waals surface area contributed by atoms with Gasteiger partial charge in [0.15, 0.2) is 5.69 Å². The van der Waals surface area contributed by atoms with Gasteiger partial charge >= 0.3 is 0 Å². The second-order valence-corrected chi connectivity index (χ2v) is 7.86. The Hall–Kier alpha value is -2.64. The van der Waals surface area contributed by atoms with Crippen molar-refractivity contribution >= 4 is 23.4 Å². The number of carbonyl (C=O) groups is 1. The molecule has 0 bridgehead atoms. The molecule has 7 heteroatoms. The maximum absolute atomic E-state index is 12.5. The molecule has 4 rings (SSSR count). The summed E-state index contributed by atoms with van der Waals surface area (Å²) in [6.45, 7) is 1.96. The number of nitrogens with zero attached hydrogens (tertiary/aromatic N) is 3. The number of pyridine rings is 1. The zero-order valence-corrected chi connectivity index (χ0v) is 16.4. The van der Waals surface area contributed by atoms with Crippen molar-refractivity contribution in [1.82, 2.24) is 20.1 Å². The van der Waals surface area contributed by atoms with Crippen molar-refractivity contribution in [2.45, 2.75) is 29.5 Å². The van der Waals surface area contributed by atoms with Crippen LogP contribution in [0.4, 0.5) is 5.69 Å². The summed E-state index contributed by atoms with van der Waals surface area (Å²) in [6, 6.07) is 14.0. The van der Waals surface area contributed by atoms with Gasteiger partial charge in [-0.15, -0.1) is 11.8 Å². The molecule has 0 radical (unpaired) electrons. The van der Waals surface area contributed by atoms with Crippen LogP contribution in [0, 0.1) is 0 Å². The Labute approximate surface area is 168 Å². The van der Waals surface area contributed by atoms with Gasteiger partial charge in [0.05, 0.1) is 6.04 Å². The van der Waals surface area contributed by atoms with E-state index in [9.17, 15) is 4.79 Å². The van der Waals surface area contributed by atoms with Crippen molar-refractivity contribution in [2.75, 3.05) is 18.4 Å². The van der Waals surface area contributed by atoms with Crippen LogP contribution in [-0.4, -0.2) is 33.8 Å². The van der Waals surface area contributed by atoms with Crippen LogP contribution in [0.2, 0.25) is 0 Å². The molecule has 2 aromatic heterocycles. The van der Waals surface area contributed by atoms with Crippen molar-refractivity contribution in [3.05, 3.63) is 72.3 Å². The minimum atomic E-state index is -0.182. The van der Waals surface area contributed by atoms with Crippen LogP contribution in [0.25, 0.3) is 0 Å². The lowest BCUT2D eigenvalue weighted by Crippen LogP contribution is -2.32. The van der Waals surface area contributed by atoms with E-state index in [0.29, 0.717) is 11.7 Å². The van der Waals surface area contributed by atoms with E-state index in [0.717, 1.165) is 42.3 Å². The lowest BCUT2D eigenvalue weighted by Gasteiger charge is -2.22. The first-order valence-electron chi connectivity index (χ1n) is 9.47. The minimum Gasteiger partial charge on any atom is -0.321 e. The maximum atomic E-state index is 12.5.